The maximum Gasteiger partial charge on any atom is 0.349 e. The maximum absolute atomic E-state index is 12.4. The van der Waals surface area contributed by atoms with Crippen LogP contribution in [0.1, 0.15) is 20.8 Å². The summed E-state index contributed by atoms with van der Waals surface area (Å²) in [6, 6.07) is 22.4. The van der Waals surface area contributed by atoms with Gasteiger partial charge in [-0.25, -0.2) is 4.79 Å². The van der Waals surface area contributed by atoms with E-state index in [1.807, 2.05) is 12.1 Å². The van der Waals surface area contributed by atoms with Crippen molar-refractivity contribution in [2.45, 2.75) is 50.8 Å². The molecule has 30 heavy (non-hydrogen) atoms. The molecule has 3 aromatic rings. The lowest BCUT2D eigenvalue weighted by atomic mass is 10.1. The molecule has 3 nitrogen and oxygen atoms in total. The van der Waals surface area contributed by atoms with Gasteiger partial charge in [-0.15, -0.1) is 0 Å². The first-order valence-corrected chi connectivity index (χ1v) is 12.1. The van der Waals surface area contributed by atoms with Crippen LogP contribution in [0.3, 0.4) is 0 Å². The highest BCUT2D eigenvalue weighted by Gasteiger charge is 2.42. The van der Waals surface area contributed by atoms with E-state index < -0.39 is 22.5 Å². The molecule has 6 heteroatoms. The minimum absolute atomic E-state index is 0.307. The van der Waals surface area contributed by atoms with Gasteiger partial charge in [-0.2, -0.15) is 0 Å². The number of ether oxygens (including phenoxy) is 2. The molecule has 0 saturated heterocycles. The Kier molecular flexibility index (Phi) is 6.05. The van der Waals surface area contributed by atoms with Crippen LogP contribution in [0.2, 0.25) is 5.02 Å². The Bertz CT molecular complexity index is 1050. The van der Waals surface area contributed by atoms with Crippen molar-refractivity contribution in [3.63, 3.8) is 0 Å². The number of rotatable bonds is 5. The molecule has 0 fully saturated rings. The molecule has 0 unspecified atom stereocenters. The summed E-state index contributed by atoms with van der Waals surface area (Å²) in [6.07, 6.45) is 0. The first kappa shape index (κ1) is 21.2. The molecule has 0 atom stereocenters. The number of carbonyl (C=O) groups is 1. The Morgan fingerprint density at radius 1 is 0.967 bits per heavy atom. The van der Waals surface area contributed by atoms with Crippen LogP contribution >= 0.6 is 23.4 Å². The molecule has 0 spiro atoms. The smallest absolute Gasteiger partial charge is 0.349 e. The second kappa shape index (κ2) is 8.58. The summed E-state index contributed by atoms with van der Waals surface area (Å²) in [5.74, 6) is 0.242. The van der Waals surface area contributed by atoms with E-state index >= 15 is 0 Å². The first-order valence-electron chi connectivity index (χ1n) is 9.66. The van der Waals surface area contributed by atoms with Crippen LogP contribution in [0.25, 0.3) is 0 Å². The van der Waals surface area contributed by atoms with Gasteiger partial charge in [0, 0.05) is 11.1 Å². The van der Waals surface area contributed by atoms with Gasteiger partial charge >= 0.3 is 5.97 Å². The van der Waals surface area contributed by atoms with E-state index in [9.17, 15) is 4.79 Å². The molecule has 0 N–H and O–H groups in total. The fourth-order valence-corrected chi connectivity index (χ4v) is 7.32. The molecule has 1 aliphatic rings. The van der Waals surface area contributed by atoms with Crippen LogP contribution < -0.4 is 4.74 Å². The molecular weight excluding hydrogens is 436 g/mol. The number of halogens is 1. The number of fused-ring (bicyclic) bond motifs is 2. The number of carbonyl (C=O) groups excluding carboxylic acids is 1. The summed E-state index contributed by atoms with van der Waals surface area (Å²) in [6.45, 7) is 5.55. The topological polar surface area (TPSA) is 35.5 Å². The van der Waals surface area contributed by atoms with Gasteiger partial charge in [-0.05, 0) is 57.2 Å². The molecule has 0 bridgehead atoms. The van der Waals surface area contributed by atoms with E-state index in [-0.39, 0.29) is 0 Å². The monoisotopic (exact) mass is 457 g/mol. The van der Waals surface area contributed by atoms with Gasteiger partial charge in [0.25, 0.3) is 0 Å². The molecule has 4 rings (SSSR count). The van der Waals surface area contributed by atoms with Crippen LogP contribution in [-0.2, 0) is 20.4 Å². The summed E-state index contributed by atoms with van der Waals surface area (Å²) < 4.78 is 11.5. The fraction of sp³-hybridized carbons (Fsp3) is 0.208. The van der Waals surface area contributed by atoms with E-state index in [0.717, 1.165) is 4.90 Å². The van der Waals surface area contributed by atoms with Crippen LogP contribution in [0.5, 0.6) is 5.75 Å². The van der Waals surface area contributed by atoms with Crippen LogP contribution in [0, 0.1) is 0 Å². The fourth-order valence-electron chi connectivity index (χ4n) is 3.23. The zero-order valence-corrected chi connectivity index (χ0v) is 19.4. The summed E-state index contributed by atoms with van der Waals surface area (Å²) in [5.41, 5.74) is -1.12. The van der Waals surface area contributed by atoms with Crippen molar-refractivity contribution in [3.05, 3.63) is 71.8 Å². The summed E-state index contributed by atoms with van der Waals surface area (Å²) in [7, 11) is -0.414. The van der Waals surface area contributed by atoms with E-state index in [4.69, 9.17) is 21.1 Å². The normalized spacial score (nSPS) is 13.3. The van der Waals surface area contributed by atoms with E-state index in [0.29, 0.717) is 17.4 Å². The van der Waals surface area contributed by atoms with Crippen LogP contribution in [0.4, 0.5) is 0 Å². The molecule has 1 heterocycles. The molecule has 0 aliphatic carbocycles. The van der Waals surface area contributed by atoms with Crippen molar-refractivity contribution in [1.82, 2.24) is 0 Å². The molecule has 0 aromatic heterocycles. The van der Waals surface area contributed by atoms with Gasteiger partial charge in [0.1, 0.15) is 10.9 Å². The van der Waals surface area contributed by atoms with Crippen molar-refractivity contribution in [2.24, 2.45) is 0 Å². The zero-order chi connectivity index (χ0) is 21.3. The van der Waals surface area contributed by atoms with Crippen molar-refractivity contribution >= 4 is 40.2 Å². The van der Waals surface area contributed by atoms with Crippen molar-refractivity contribution < 1.29 is 14.3 Å². The summed E-state index contributed by atoms with van der Waals surface area (Å²) in [5, 5.41) is 0.631. The van der Waals surface area contributed by atoms with Gasteiger partial charge in [-0.1, -0.05) is 47.6 Å². The summed E-state index contributed by atoms with van der Waals surface area (Å²) in [4.78, 5) is 18.3. The molecule has 3 aromatic carbocycles. The lowest BCUT2D eigenvalue weighted by Crippen LogP contribution is -2.40. The van der Waals surface area contributed by atoms with E-state index in [2.05, 4.69) is 48.5 Å². The van der Waals surface area contributed by atoms with E-state index in [1.54, 1.807) is 38.6 Å². The maximum atomic E-state index is 12.4. The van der Waals surface area contributed by atoms with Gasteiger partial charge in [-0.3, -0.25) is 0 Å². The number of benzene rings is 3. The van der Waals surface area contributed by atoms with Gasteiger partial charge < -0.3 is 9.47 Å². The predicted octanol–water partition coefficient (Wildman–Crippen LogP) is 6.62. The van der Waals surface area contributed by atoms with Crippen LogP contribution in [-0.4, -0.2) is 18.2 Å². The lowest BCUT2D eigenvalue weighted by Gasteiger charge is -2.26. The van der Waals surface area contributed by atoms with Gasteiger partial charge in [0.05, 0.1) is 16.4 Å². The Balaban J connectivity index is 1.86. The summed E-state index contributed by atoms with van der Waals surface area (Å²) >= 11 is 8.20. The molecule has 0 saturated carbocycles. The Morgan fingerprint density at radius 3 is 2.17 bits per heavy atom. The highest BCUT2D eigenvalue weighted by atomic mass is 35.5. The molecular formula is C24H22ClO3S2+. The van der Waals surface area contributed by atoms with Gasteiger partial charge in [0.2, 0.25) is 4.90 Å². The first-order chi connectivity index (χ1) is 14.4. The predicted molar refractivity (Wildman–Crippen MR) is 122 cm³/mol. The van der Waals surface area contributed by atoms with E-state index in [1.165, 1.54) is 19.6 Å². The third-order valence-corrected chi connectivity index (χ3v) is 8.61. The zero-order valence-electron chi connectivity index (χ0n) is 17.0. The third-order valence-electron chi connectivity index (χ3n) is 4.62. The highest BCUT2D eigenvalue weighted by Crippen LogP contribution is 2.50. The minimum atomic E-state index is -1.12. The number of esters is 1. The van der Waals surface area contributed by atoms with Crippen molar-refractivity contribution in [2.75, 3.05) is 6.61 Å². The second-order valence-corrected chi connectivity index (χ2v) is 10.7. The number of hydrogen-bond acceptors (Lipinski definition) is 4. The molecule has 0 amide bonds. The highest BCUT2D eigenvalue weighted by molar-refractivity contribution is 8.04. The van der Waals surface area contributed by atoms with Crippen molar-refractivity contribution in [3.8, 4) is 5.75 Å². The Morgan fingerprint density at radius 2 is 1.57 bits per heavy atom. The minimum Gasteiger partial charge on any atom is -0.471 e. The average molecular weight is 458 g/mol. The third kappa shape index (κ3) is 4.07. The molecule has 1 aliphatic heterocycles. The average Bonchev–Trinajstić information content (AvgIpc) is 2.73. The standard InChI is InChI=1S/C24H22ClO3S2/c1-4-27-23(26)24(2,3)28-17-14-13-16(25)15-22(17)30-20-11-7-5-9-18(20)29-19-10-6-8-12-21(19)30/h5-15H,4H2,1-3H3/q+1. The van der Waals surface area contributed by atoms with Gasteiger partial charge in [0.15, 0.2) is 21.1 Å². The van der Waals surface area contributed by atoms with Crippen LogP contribution in [0.15, 0.2) is 91.2 Å². The Hall–Kier alpha value is -2.08. The second-order valence-electron chi connectivity index (χ2n) is 7.23. The lowest BCUT2D eigenvalue weighted by molar-refractivity contribution is -0.158. The Labute approximate surface area is 189 Å². The SMILES string of the molecule is CCOC(=O)C(C)(C)Oc1ccc(Cl)cc1[S+]1c2ccccc2Sc2ccccc21. The molecule has 0 radical (unpaired) electrons. The quantitative estimate of drug-likeness (QED) is 0.249. The molecule has 154 valence electrons. The number of hydrogen-bond donors (Lipinski definition) is 0. The van der Waals surface area contributed by atoms with Crippen molar-refractivity contribution in [1.29, 1.82) is 0 Å². The largest absolute Gasteiger partial charge is 0.471 e.